The van der Waals surface area contributed by atoms with Gasteiger partial charge in [0.1, 0.15) is 19.0 Å². The lowest BCUT2D eigenvalue weighted by atomic mass is 10.2. The summed E-state index contributed by atoms with van der Waals surface area (Å²) in [5, 5.41) is 0. The molecule has 3 heteroatoms. The first-order chi connectivity index (χ1) is 6.74. The summed E-state index contributed by atoms with van der Waals surface area (Å²) in [4.78, 5) is 0. The monoisotopic (exact) mass is 256 g/mol. The molecule has 2 nitrogen and oxygen atoms in total. The average Bonchev–Trinajstić information content (AvgIpc) is 2.17. The van der Waals surface area contributed by atoms with E-state index in [1.807, 2.05) is 24.3 Å². The number of rotatable bonds is 5. The summed E-state index contributed by atoms with van der Waals surface area (Å²) in [6.07, 6.45) is 0. The van der Waals surface area contributed by atoms with Crippen molar-refractivity contribution < 1.29 is 9.47 Å². The van der Waals surface area contributed by atoms with E-state index in [9.17, 15) is 0 Å². The molecular formula is C11H13BrO2. The van der Waals surface area contributed by atoms with Crippen molar-refractivity contribution >= 4 is 15.9 Å². The first kappa shape index (κ1) is 11.3. The van der Waals surface area contributed by atoms with Crippen molar-refractivity contribution in [3.63, 3.8) is 0 Å². The van der Waals surface area contributed by atoms with Gasteiger partial charge >= 0.3 is 0 Å². The molecule has 0 amide bonds. The molecule has 0 aliphatic heterocycles. The number of hydrogen-bond acceptors (Lipinski definition) is 2. The Balaban J connectivity index is 2.46. The van der Waals surface area contributed by atoms with E-state index in [2.05, 4.69) is 22.5 Å². The molecule has 0 saturated carbocycles. The molecule has 1 aromatic rings. The Morgan fingerprint density at radius 2 is 2.14 bits per heavy atom. The Kier molecular flexibility index (Phi) is 4.70. The molecule has 0 spiro atoms. The van der Waals surface area contributed by atoms with E-state index in [1.165, 1.54) is 0 Å². The fourth-order valence-corrected chi connectivity index (χ4v) is 1.40. The van der Waals surface area contributed by atoms with Crippen LogP contribution in [0.4, 0.5) is 0 Å². The van der Waals surface area contributed by atoms with Gasteiger partial charge in [-0.25, -0.2) is 0 Å². The topological polar surface area (TPSA) is 18.5 Å². The van der Waals surface area contributed by atoms with Gasteiger partial charge in [-0.05, 0) is 6.07 Å². The van der Waals surface area contributed by atoms with Crippen molar-refractivity contribution in [1.82, 2.24) is 0 Å². The van der Waals surface area contributed by atoms with Gasteiger partial charge in [0.2, 0.25) is 0 Å². The standard InChI is InChI=1S/C11H13BrO2/c1-9(7-13-2)14-8-10-5-3-4-6-11(10)12/h3-6H,1,7-8H2,2H3. The van der Waals surface area contributed by atoms with E-state index in [0.29, 0.717) is 19.0 Å². The van der Waals surface area contributed by atoms with Gasteiger partial charge < -0.3 is 9.47 Å². The van der Waals surface area contributed by atoms with Crippen LogP contribution in [0.5, 0.6) is 0 Å². The van der Waals surface area contributed by atoms with E-state index >= 15 is 0 Å². The highest BCUT2D eigenvalue weighted by Crippen LogP contribution is 2.17. The first-order valence-electron chi connectivity index (χ1n) is 4.27. The van der Waals surface area contributed by atoms with Gasteiger partial charge in [-0.2, -0.15) is 0 Å². The number of ether oxygens (including phenoxy) is 2. The Labute approximate surface area is 92.7 Å². The average molecular weight is 257 g/mol. The number of benzene rings is 1. The van der Waals surface area contributed by atoms with E-state index in [1.54, 1.807) is 7.11 Å². The lowest BCUT2D eigenvalue weighted by Gasteiger charge is -2.09. The second-order valence-corrected chi connectivity index (χ2v) is 3.71. The molecule has 0 unspecified atom stereocenters. The maximum Gasteiger partial charge on any atom is 0.115 e. The largest absolute Gasteiger partial charge is 0.491 e. The summed E-state index contributed by atoms with van der Waals surface area (Å²) in [6.45, 7) is 4.68. The molecular weight excluding hydrogens is 244 g/mol. The second kappa shape index (κ2) is 5.83. The predicted molar refractivity (Wildman–Crippen MR) is 59.9 cm³/mol. The van der Waals surface area contributed by atoms with Gasteiger partial charge in [0, 0.05) is 17.1 Å². The molecule has 0 bridgehead atoms. The highest BCUT2D eigenvalue weighted by molar-refractivity contribution is 9.10. The normalized spacial score (nSPS) is 9.86. The van der Waals surface area contributed by atoms with Crippen LogP contribution in [0.25, 0.3) is 0 Å². The van der Waals surface area contributed by atoms with Crippen LogP contribution in [0.1, 0.15) is 5.56 Å². The molecule has 0 N–H and O–H groups in total. The first-order valence-corrected chi connectivity index (χ1v) is 5.06. The molecule has 0 fully saturated rings. The SMILES string of the molecule is C=C(COC)OCc1ccccc1Br. The van der Waals surface area contributed by atoms with Crippen molar-refractivity contribution in [2.24, 2.45) is 0 Å². The van der Waals surface area contributed by atoms with E-state index < -0.39 is 0 Å². The van der Waals surface area contributed by atoms with E-state index in [-0.39, 0.29) is 0 Å². The van der Waals surface area contributed by atoms with Crippen molar-refractivity contribution in [3.8, 4) is 0 Å². The minimum atomic E-state index is 0.435. The third kappa shape index (κ3) is 3.52. The summed E-state index contributed by atoms with van der Waals surface area (Å²) in [5.41, 5.74) is 1.10. The predicted octanol–water partition coefficient (Wildman–Crippen LogP) is 3.13. The van der Waals surface area contributed by atoms with Gasteiger partial charge in [-0.15, -0.1) is 0 Å². The van der Waals surface area contributed by atoms with E-state index in [4.69, 9.17) is 9.47 Å². The van der Waals surface area contributed by atoms with Gasteiger partial charge in [0.15, 0.2) is 0 Å². The zero-order chi connectivity index (χ0) is 10.4. The molecule has 76 valence electrons. The molecule has 0 aliphatic rings. The van der Waals surface area contributed by atoms with E-state index in [0.717, 1.165) is 10.0 Å². The van der Waals surface area contributed by atoms with Crippen LogP contribution in [-0.2, 0) is 16.1 Å². The van der Waals surface area contributed by atoms with Crippen molar-refractivity contribution in [2.45, 2.75) is 6.61 Å². The van der Waals surface area contributed by atoms with Crippen LogP contribution in [0.2, 0.25) is 0 Å². The molecule has 0 aliphatic carbocycles. The quantitative estimate of drug-likeness (QED) is 0.754. The third-order valence-corrected chi connectivity index (χ3v) is 2.47. The third-order valence-electron chi connectivity index (χ3n) is 1.69. The van der Waals surface area contributed by atoms with Crippen molar-refractivity contribution in [2.75, 3.05) is 13.7 Å². The Morgan fingerprint density at radius 1 is 1.43 bits per heavy atom. The number of hydrogen-bond donors (Lipinski definition) is 0. The van der Waals surface area contributed by atoms with Crippen molar-refractivity contribution in [3.05, 3.63) is 46.6 Å². The molecule has 0 radical (unpaired) electrons. The minimum Gasteiger partial charge on any atom is -0.491 e. The van der Waals surface area contributed by atoms with Gasteiger partial charge in [0.05, 0.1) is 0 Å². The Hall–Kier alpha value is -0.800. The molecule has 0 heterocycles. The lowest BCUT2D eigenvalue weighted by Crippen LogP contribution is -1.99. The van der Waals surface area contributed by atoms with Crippen molar-refractivity contribution in [1.29, 1.82) is 0 Å². The molecule has 14 heavy (non-hydrogen) atoms. The smallest absolute Gasteiger partial charge is 0.115 e. The highest BCUT2D eigenvalue weighted by atomic mass is 79.9. The zero-order valence-corrected chi connectivity index (χ0v) is 9.71. The van der Waals surface area contributed by atoms with Gasteiger partial charge in [-0.1, -0.05) is 40.7 Å². The van der Waals surface area contributed by atoms with Crippen LogP contribution in [-0.4, -0.2) is 13.7 Å². The molecule has 0 saturated heterocycles. The molecule has 1 aromatic carbocycles. The summed E-state index contributed by atoms with van der Waals surface area (Å²) < 4.78 is 11.3. The fraction of sp³-hybridized carbons (Fsp3) is 0.273. The van der Waals surface area contributed by atoms with Crippen LogP contribution in [0.15, 0.2) is 41.1 Å². The molecule has 1 rings (SSSR count). The maximum atomic E-state index is 5.40. The van der Waals surface area contributed by atoms with Gasteiger partial charge in [-0.3, -0.25) is 0 Å². The Morgan fingerprint density at radius 3 is 2.79 bits per heavy atom. The maximum absolute atomic E-state index is 5.40. The fourth-order valence-electron chi connectivity index (χ4n) is 0.998. The zero-order valence-electron chi connectivity index (χ0n) is 8.13. The highest BCUT2D eigenvalue weighted by Gasteiger charge is 1.99. The number of methoxy groups -OCH3 is 1. The van der Waals surface area contributed by atoms with Crippen LogP contribution in [0, 0.1) is 0 Å². The van der Waals surface area contributed by atoms with Crippen LogP contribution < -0.4 is 0 Å². The van der Waals surface area contributed by atoms with Gasteiger partial charge in [0.25, 0.3) is 0 Å². The summed E-state index contributed by atoms with van der Waals surface area (Å²) in [6, 6.07) is 7.93. The van der Waals surface area contributed by atoms with Crippen LogP contribution in [0.3, 0.4) is 0 Å². The second-order valence-electron chi connectivity index (χ2n) is 2.85. The molecule has 0 atom stereocenters. The lowest BCUT2D eigenvalue weighted by molar-refractivity contribution is 0.124. The number of halogens is 1. The summed E-state index contributed by atoms with van der Waals surface area (Å²) in [5.74, 6) is 0.642. The van der Waals surface area contributed by atoms with Crippen LogP contribution >= 0.6 is 15.9 Å². The Bertz CT molecular complexity index is 310. The summed E-state index contributed by atoms with van der Waals surface area (Å²) >= 11 is 3.44. The summed E-state index contributed by atoms with van der Waals surface area (Å²) in [7, 11) is 1.62. The minimum absolute atomic E-state index is 0.435. The molecule has 0 aromatic heterocycles.